The second kappa shape index (κ2) is 6.78. The molecule has 0 radical (unpaired) electrons. The maximum absolute atomic E-state index is 12.1. The summed E-state index contributed by atoms with van der Waals surface area (Å²) >= 11 is 0. The Labute approximate surface area is 115 Å². The number of nitrogens with zero attached hydrogens (tertiary/aromatic N) is 1. The number of carbonyl (C=O) groups is 2. The fourth-order valence-electron chi connectivity index (χ4n) is 2.44. The molecule has 0 aromatic carbocycles. The number of amides is 2. The predicted octanol–water partition coefficient (Wildman–Crippen LogP) is 2.32. The summed E-state index contributed by atoms with van der Waals surface area (Å²) in [6, 6.07) is -0.126. The van der Waals surface area contributed by atoms with Gasteiger partial charge in [-0.05, 0) is 25.2 Å². The van der Waals surface area contributed by atoms with Crippen molar-refractivity contribution in [2.45, 2.75) is 46.5 Å². The van der Waals surface area contributed by atoms with E-state index in [1.807, 2.05) is 6.92 Å². The van der Waals surface area contributed by atoms with Gasteiger partial charge in [-0.15, -0.1) is 0 Å². The molecule has 19 heavy (non-hydrogen) atoms. The fourth-order valence-corrected chi connectivity index (χ4v) is 2.44. The molecule has 2 N–H and O–H groups in total. The van der Waals surface area contributed by atoms with Crippen LogP contribution >= 0.6 is 0 Å². The van der Waals surface area contributed by atoms with Gasteiger partial charge in [0.15, 0.2) is 0 Å². The molecule has 1 heterocycles. The lowest BCUT2D eigenvalue weighted by Crippen LogP contribution is -2.52. The molecule has 5 heteroatoms. The second-order valence-electron chi connectivity index (χ2n) is 5.66. The van der Waals surface area contributed by atoms with Gasteiger partial charge in [-0.25, -0.2) is 4.79 Å². The Morgan fingerprint density at radius 3 is 2.63 bits per heavy atom. The molecule has 0 aliphatic carbocycles. The summed E-state index contributed by atoms with van der Waals surface area (Å²) in [5.41, 5.74) is -0.758. The number of likely N-dealkylation sites (tertiary alicyclic amines) is 1. The van der Waals surface area contributed by atoms with E-state index >= 15 is 0 Å². The number of carboxylic acid groups (broad SMARTS) is 1. The first-order chi connectivity index (χ1) is 8.95. The monoisotopic (exact) mass is 270 g/mol. The van der Waals surface area contributed by atoms with E-state index in [0.717, 1.165) is 12.8 Å². The van der Waals surface area contributed by atoms with Gasteiger partial charge < -0.3 is 15.3 Å². The highest BCUT2D eigenvalue weighted by Crippen LogP contribution is 2.33. The van der Waals surface area contributed by atoms with Crippen LogP contribution in [0.15, 0.2) is 0 Å². The number of hydrogen-bond donors (Lipinski definition) is 2. The zero-order valence-electron chi connectivity index (χ0n) is 12.2. The molecule has 1 rings (SSSR count). The lowest BCUT2D eigenvalue weighted by Gasteiger charge is -2.39. The van der Waals surface area contributed by atoms with Gasteiger partial charge in [0.1, 0.15) is 0 Å². The van der Waals surface area contributed by atoms with Crippen molar-refractivity contribution >= 4 is 12.0 Å². The minimum atomic E-state index is -0.783. The maximum Gasteiger partial charge on any atom is 0.317 e. The van der Waals surface area contributed by atoms with Gasteiger partial charge in [0, 0.05) is 19.6 Å². The van der Waals surface area contributed by atoms with Crippen molar-refractivity contribution in [3.05, 3.63) is 0 Å². The number of hydrogen-bond acceptors (Lipinski definition) is 2. The van der Waals surface area contributed by atoms with Crippen LogP contribution in [0.3, 0.4) is 0 Å². The Morgan fingerprint density at radius 2 is 2.11 bits per heavy atom. The molecule has 0 saturated carbocycles. The van der Waals surface area contributed by atoms with Gasteiger partial charge in [0.25, 0.3) is 0 Å². The summed E-state index contributed by atoms with van der Waals surface area (Å²) in [4.78, 5) is 25.2. The quantitative estimate of drug-likeness (QED) is 0.805. The Kier molecular flexibility index (Phi) is 5.63. The van der Waals surface area contributed by atoms with E-state index in [4.69, 9.17) is 0 Å². The molecule has 110 valence electrons. The summed E-state index contributed by atoms with van der Waals surface area (Å²) in [6.07, 6.45) is 3.01. The fraction of sp³-hybridized carbons (Fsp3) is 0.857. The Balaban J connectivity index is 2.59. The van der Waals surface area contributed by atoms with Crippen LogP contribution in [0.2, 0.25) is 0 Å². The van der Waals surface area contributed by atoms with Crippen molar-refractivity contribution in [3.63, 3.8) is 0 Å². The van der Waals surface area contributed by atoms with Gasteiger partial charge in [0.2, 0.25) is 0 Å². The van der Waals surface area contributed by atoms with Crippen LogP contribution in [0, 0.1) is 11.3 Å². The number of urea groups is 1. The van der Waals surface area contributed by atoms with Gasteiger partial charge >= 0.3 is 12.0 Å². The number of piperidine rings is 1. The third-order valence-electron chi connectivity index (χ3n) is 4.29. The molecular formula is C14H26N2O3. The van der Waals surface area contributed by atoms with Gasteiger partial charge in [-0.2, -0.15) is 0 Å². The van der Waals surface area contributed by atoms with Crippen LogP contribution < -0.4 is 5.32 Å². The number of carbonyl (C=O) groups excluding carboxylic acids is 1. The number of aliphatic carboxylic acids is 1. The molecule has 1 fully saturated rings. The van der Waals surface area contributed by atoms with Crippen LogP contribution in [-0.2, 0) is 4.79 Å². The first-order valence-corrected chi connectivity index (χ1v) is 7.21. The number of nitrogens with one attached hydrogen (secondary N) is 1. The van der Waals surface area contributed by atoms with Crippen molar-refractivity contribution in [2.24, 2.45) is 11.3 Å². The van der Waals surface area contributed by atoms with Crippen LogP contribution in [0.5, 0.6) is 0 Å². The Bertz CT molecular complexity index is 333. The standard InChI is InChI=1S/C14H26N2O3/c1-4-11(3)9-15-13(19)16-8-6-7-14(5-2,10-16)12(17)18/h11H,4-10H2,1-3H3,(H,15,19)(H,17,18). The van der Waals surface area contributed by atoms with E-state index in [2.05, 4.69) is 19.2 Å². The maximum atomic E-state index is 12.1. The smallest absolute Gasteiger partial charge is 0.317 e. The minimum absolute atomic E-state index is 0.126. The van der Waals surface area contributed by atoms with Crippen LogP contribution in [-0.4, -0.2) is 41.6 Å². The van der Waals surface area contributed by atoms with Crippen LogP contribution in [0.25, 0.3) is 0 Å². The molecule has 0 aromatic rings. The lowest BCUT2D eigenvalue weighted by molar-refractivity contribution is -0.152. The summed E-state index contributed by atoms with van der Waals surface area (Å²) < 4.78 is 0. The molecule has 2 atom stereocenters. The molecule has 2 unspecified atom stereocenters. The second-order valence-corrected chi connectivity index (χ2v) is 5.66. The zero-order valence-corrected chi connectivity index (χ0v) is 12.2. The average Bonchev–Trinajstić information content (AvgIpc) is 2.43. The van der Waals surface area contributed by atoms with Crippen LogP contribution in [0.4, 0.5) is 4.79 Å². The van der Waals surface area contributed by atoms with Crippen molar-refractivity contribution in [2.75, 3.05) is 19.6 Å². The van der Waals surface area contributed by atoms with Crippen molar-refractivity contribution < 1.29 is 14.7 Å². The van der Waals surface area contributed by atoms with Crippen LogP contribution in [0.1, 0.15) is 46.5 Å². The summed E-state index contributed by atoms with van der Waals surface area (Å²) in [7, 11) is 0. The molecule has 0 bridgehead atoms. The molecule has 1 aliphatic heterocycles. The van der Waals surface area contributed by atoms with Gasteiger partial charge in [-0.1, -0.05) is 27.2 Å². The highest BCUT2D eigenvalue weighted by Gasteiger charge is 2.42. The van der Waals surface area contributed by atoms with Crippen molar-refractivity contribution in [3.8, 4) is 0 Å². The largest absolute Gasteiger partial charge is 0.481 e. The molecule has 1 aliphatic rings. The Hall–Kier alpha value is -1.26. The summed E-state index contributed by atoms with van der Waals surface area (Å²) in [6.45, 7) is 7.69. The van der Waals surface area contributed by atoms with E-state index in [0.29, 0.717) is 38.4 Å². The van der Waals surface area contributed by atoms with E-state index in [9.17, 15) is 14.7 Å². The van der Waals surface area contributed by atoms with E-state index in [1.54, 1.807) is 4.90 Å². The number of rotatable bonds is 5. The Morgan fingerprint density at radius 1 is 1.42 bits per heavy atom. The van der Waals surface area contributed by atoms with E-state index < -0.39 is 11.4 Å². The third kappa shape index (κ3) is 3.85. The summed E-state index contributed by atoms with van der Waals surface area (Å²) in [5, 5.41) is 12.3. The van der Waals surface area contributed by atoms with Crippen molar-refractivity contribution in [1.29, 1.82) is 0 Å². The van der Waals surface area contributed by atoms with Crippen molar-refractivity contribution in [1.82, 2.24) is 10.2 Å². The molecule has 2 amide bonds. The third-order valence-corrected chi connectivity index (χ3v) is 4.29. The molecule has 5 nitrogen and oxygen atoms in total. The molecular weight excluding hydrogens is 244 g/mol. The zero-order chi connectivity index (χ0) is 14.5. The predicted molar refractivity (Wildman–Crippen MR) is 74.0 cm³/mol. The van der Waals surface area contributed by atoms with E-state index in [-0.39, 0.29) is 6.03 Å². The van der Waals surface area contributed by atoms with E-state index in [1.165, 1.54) is 0 Å². The van der Waals surface area contributed by atoms with Gasteiger partial charge in [0.05, 0.1) is 5.41 Å². The molecule has 1 saturated heterocycles. The lowest BCUT2D eigenvalue weighted by atomic mass is 9.78. The number of carboxylic acids is 1. The average molecular weight is 270 g/mol. The summed E-state index contributed by atoms with van der Waals surface area (Å²) in [5.74, 6) is -0.335. The molecule has 0 aromatic heterocycles. The molecule has 0 spiro atoms. The SMILES string of the molecule is CCC(C)CNC(=O)N1CCCC(CC)(C(=O)O)C1. The first kappa shape index (κ1) is 15.8. The van der Waals surface area contributed by atoms with Gasteiger partial charge in [-0.3, -0.25) is 4.79 Å². The first-order valence-electron chi connectivity index (χ1n) is 7.21. The highest BCUT2D eigenvalue weighted by atomic mass is 16.4. The normalized spacial score (nSPS) is 24.9. The minimum Gasteiger partial charge on any atom is -0.481 e. The highest BCUT2D eigenvalue weighted by molar-refractivity contribution is 5.78. The topological polar surface area (TPSA) is 69.6 Å².